The van der Waals surface area contributed by atoms with Gasteiger partial charge in [-0.15, -0.1) is 0 Å². The number of benzene rings is 1. The maximum Gasteiger partial charge on any atom is 0.254 e. The molecule has 4 nitrogen and oxygen atoms in total. The summed E-state index contributed by atoms with van der Waals surface area (Å²) < 4.78 is 0.740. The third-order valence-corrected chi connectivity index (χ3v) is 3.39. The van der Waals surface area contributed by atoms with Crippen LogP contribution in [-0.2, 0) is 4.79 Å². The molecule has 0 aliphatic heterocycles. The highest BCUT2D eigenvalue weighted by atomic mass is 79.9. The first-order valence-electron chi connectivity index (χ1n) is 6.30. The van der Waals surface area contributed by atoms with Crippen molar-refractivity contribution in [3.05, 3.63) is 33.3 Å². The van der Waals surface area contributed by atoms with Crippen LogP contribution in [0.25, 0.3) is 0 Å². The van der Waals surface area contributed by atoms with Gasteiger partial charge in [0.15, 0.2) is 0 Å². The Kier molecular flexibility index (Phi) is 6.49. The summed E-state index contributed by atoms with van der Waals surface area (Å²) in [6, 6.07) is 5.03. The molecule has 0 radical (unpaired) electrons. The fourth-order valence-corrected chi connectivity index (χ4v) is 2.55. The number of halogens is 2. The summed E-state index contributed by atoms with van der Waals surface area (Å²) in [6.07, 6.45) is 0.786. The Morgan fingerprint density at radius 1 is 1.25 bits per heavy atom. The molecule has 0 spiro atoms. The quantitative estimate of drug-likeness (QED) is 0.809. The van der Waals surface area contributed by atoms with Crippen molar-refractivity contribution in [3.8, 4) is 0 Å². The highest BCUT2D eigenvalue weighted by Crippen LogP contribution is 2.20. The summed E-state index contributed by atoms with van der Waals surface area (Å²) in [5, 5.41) is 0.484. The van der Waals surface area contributed by atoms with E-state index in [4.69, 9.17) is 11.6 Å². The summed E-state index contributed by atoms with van der Waals surface area (Å²) >= 11 is 9.27. The number of rotatable bonds is 5. The zero-order chi connectivity index (χ0) is 15.3. The number of likely N-dealkylation sites (N-methyl/N-ethyl adjacent to an activating group) is 1. The molecule has 20 heavy (non-hydrogen) atoms. The number of amides is 2. The van der Waals surface area contributed by atoms with Gasteiger partial charge in [-0.3, -0.25) is 9.59 Å². The summed E-state index contributed by atoms with van der Waals surface area (Å²) in [7, 11) is 3.35. The Bertz CT molecular complexity index is 486. The normalized spacial score (nSPS) is 10.2. The van der Waals surface area contributed by atoms with Gasteiger partial charge in [-0.05, 0) is 24.6 Å². The second-order valence-electron chi connectivity index (χ2n) is 4.67. The highest BCUT2D eigenvalue weighted by molar-refractivity contribution is 9.10. The molecule has 6 heteroatoms. The van der Waals surface area contributed by atoms with Crippen molar-refractivity contribution < 1.29 is 9.59 Å². The van der Waals surface area contributed by atoms with Gasteiger partial charge in [0.05, 0.1) is 0 Å². The third-order valence-electron chi connectivity index (χ3n) is 2.72. The zero-order valence-electron chi connectivity index (χ0n) is 11.8. The van der Waals surface area contributed by atoms with Crippen molar-refractivity contribution in [3.63, 3.8) is 0 Å². The largest absolute Gasteiger partial charge is 0.347 e. The molecule has 0 unspecified atom stereocenters. The van der Waals surface area contributed by atoms with E-state index < -0.39 is 0 Å². The van der Waals surface area contributed by atoms with E-state index in [0.717, 1.165) is 10.9 Å². The van der Waals surface area contributed by atoms with E-state index in [2.05, 4.69) is 15.9 Å². The molecule has 2 amide bonds. The molecule has 0 atom stereocenters. The second-order valence-corrected chi connectivity index (χ2v) is 6.03. The summed E-state index contributed by atoms with van der Waals surface area (Å²) in [6.45, 7) is 2.57. The maximum absolute atomic E-state index is 12.5. The lowest BCUT2D eigenvalue weighted by Gasteiger charge is -2.23. The van der Waals surface area contributed by atoms with Gasteiger partial charge in [0.1, 0.15) is 6.54 Å². The SMILES string of the molecule is CCCN(CC(=O)N(C)C)C(=O)c1cc(Cl)cc(Br)c1. The van der Waals surface area contributed by atoms with Crippen LogP contribution in [0.4, 0.5) is 0 Å². The van der Waals surface area contributed by atoms with Gasteiger partial charge < -0.3 is 9.80 Å². The van der Waals surface area contributed by atoms with Crippen molar-refractivity contribution >= 4 is 39.3 Å². The van der Waals surface area contributed by atoms with Crippen molar-refractivity contribution in [1.29, 1.82) is 0 Å². The highest BCUT2D eigenvalue weighted by Gasteiger charge is 2.19. The lowest BCUT2D eigenvalue weighted by Crippen LogP contribution is -2.40. The van der Waals surface area contributed by atoms with Crippen LogP contribution < -0.4 is 0 Å². The molecule has 0 N–H and O–H groups in total. The minimum atomic E-state index is -0.190. The molecule has 1 aromatic rings. The molecule has 0 aliphatic carbocycles. The van der Waals surface area contributed by atoms with Gasteiger partial charge in [-0.1, -0.05) is 34.5 Å². The van der Waals surface area contributed by atoms with Crippen LogP contribution in [0, 0.1) is 0 Å². The molecule has 0 bridgehead atoms. The predicted molar refractivity (Wildman–Crippen MR) is 84.0 cm³/mol. The summed E-state index contributed by atoms with van der Waals surface area (Å²) in [4.78, 5) is 27.3. The first-order valence-corrected chi connectivity index (χ1v) is 7.47. The molecule has 0 heterocycles. The Labute approximate surface area is 132 Å². The van der Waals surface area contributed by atoms with Gasteiger partial charge in [0.25, 0.3) is 5.91 Å². The zero-order valence-corrected chi connectivity index (χ0v) is 14.2. The van der Waals surface area contributed by atoms with E-state index in [1.165, 1.54) is 4.90 Å². The molecular formula is C14H18BrClN2O2. The van der Waals surface area contributed by atoms with Crippen LogP contribution >= 0.6 is 27.5 Å². The maximum atomic E-state index is 12.5. The summed E-state index contributed by atoms with van der Waals surface area (Å²) in [5.41, 5.74) is 0.476. The van der Waals surface area contributed by atoms with Crippen LogP contribution in [0.15, 0.2) is 22.7 Å². The standard InChI is InChI=1S/C14H18BrClN2O2/c1-4-5-18(9-13(19)17(2)3)14(20)10-6-11(15)8-12(16)7-10/h6-8H,4-5,9H2,1-3H3. The number of hydrogen-bond donors (Lipinski definition) is 0. The first-order chi connectivity index (χ1) is 9.35. The van der Waals surface area contributed by atoms with Gasteiger partial charge in [0.2, 0.25) is 5.91 Å². The van der Waals surface area contributed by atoms with E-state index in [9.17, 15) is 9.59 Å². The molecule has 1 rings (SSSR count). The molecule has 0 fully saturated rings. The van der Waals surface area contributed by atoms with Crippen LogP contribution in [0.5, 0.6) is 0 Å². The number of carbonyl (C=O) groups excluding carboxylic acids is 2. The number of hydrogen-bond acceptors (Lipinski definition) is 2. The van der Waals surface area contributed by atoms with Crippen molar-refractivity contribution in [2.75, 3.05) is 27.2 Å². The average molecular weight is 362 g/mol. The van der Waals surface area contributed by atoms with Gasteiger partial charge >= 0.3 is 0 Å². The molecule has 0 saturated carbocycles. The lowest BCUT2D eigenvalue weighted by atomic mass is 10.2. The molecule has 0 aliphatic rings. The van der Waals surface area contributed by atoms with E-state index >= 15 is 0 Å². The lowest BCUT2D eigenvalue weighted by molar-refractivity contribution is -0.129. The minimum absolute atomic E-state index is 0.0732. The van der Waals surface area contributed by atoms with E-state index in [1.54, 1.807) is 37.2 Å². The van der Waals surface area contributed by atoms with Gasteiger partial charge in [-0.25, -0.2) is 0 Å². The first kappa shape index (κ1) is 17.0. The molecule has 1 aromatic carbocycles. The van der Waals surface area contributed by atoms with Crippen molar-refractivity contribution in [1.82, 2.24) is 9.80 Å². The monoisotopic (exact) mass is 360 g/mol. The van der Waals surface area contributed by atoms with Gasteiger partial charge in [0, 0.05) is 35.7 Å². The molecule has 0 aromatic heterocycles. The minimum Gasteiger partial charge on any atom is -0.347 e. The summed E-state index contributed by atoms with van der Waals surface area (Å²) in [5.74, 6) is -0.293. The fourth-order valence-electron chi connectivity index (χ4n) is 1.69. The van der Waals surface area contributed by atoms with Gasteiger partial charge in [-0.2, -0.15) is 0 Å². The fraction of sp³-hybridized carbons (Fsp3) is 0.429. The van der Waals surface area contributed by atoms with E-state index in [0.29, 0.717) is 17.1 Å². The van der Waals surface area contributed by atoms with Crippen molar-refractivity contribution in [2.24, 2.45) is 0 Å². The Morgan fingerprint density at radius 2 is 1.90 bits per heavy atom. The van der Waals surface area contributed by atoms with E-state index in [-0.39, 0.29) is 18.4 Å². The number of carbonyl (C=O) groups is 2. The van der Waals surface area contributed by atoms with E-state index in [1.807, 2.05) is 6.92 Å². The molecular weight excluding hydrogens is 344 g/mol. The Hall–Kier alpha value is -1.07. The van der Waals surface area contributed by atoms with Crippen LogP contribution in [0.2, 0.25) is 5.02 Å². The molecule has 110 valence electrons. The Balaban J connectivity index is 2.95. The topological polar surface area (TPSA) is 40.6 Å². The predicted octanol–water partition coefficient (Wildman–Crippen LogP) is 3.04. The number of nitrogens with zero attached hydrogens (tertiary/aromatic N) is 2. The second kappa shape index (κ2) is 7.64. The smallest absolute Gasteiger partial charge is 0.254 e. The van der Waals surface area contributed by atoms with Crippen molar-refractivity contribution in [2.45, 2.75) is 13.3 Å². The Morgan fingerprint density at radius 3 is 2.40 bits per heavy atom. The molecule has 0 saturated heterocycles. The van der Waals surface area contributed by atoms with Crippen LogP contribution in [-0.4, -0.2) is 48.8 Å². The third kappa shape index (κ3) is 4.80. The van der Waals surface area contributed by atoms with Crippen LogP contribution in [0.1, 0.15) is 23.7 Å². The average Bonchev–Trinajstić information content (AvgIpc) is 2.35. The van der Waals surface area contributed by atoms with Crippen LogP contribution in [0.3, 0.4) is 0 Å².